The van der Waals surface area contributed by atoms with Crippen molar-refractivity contribution in [1.82, 2.24) is 0 Å². The predicted molar refractivity (Wildman–Crippen MR) is 70.8 cm³/mol. The second-order valence-electron chi connectivity index (χ2n) is 4.58. The molecule has 3 rings (SSSR count). The first kappa shape index (κ1) is 11.3. The smallest absolute Gasteiger partial charge is 0.119 e. The topological polar surface area (TPSA) is 18.5 Å². The standard InChI is InChI=1S/C16H16O2/c1-2-4-13(5-3-1)10-18-16-8-6-14(7-9-16)15-11-17-12-15/h1-9,15H,10-12H2. The molecule has 1 aliphatic heterocycles. The molecule has 2 aromatic rings. The lowest BCUT2D eigenvalue weighted by molar-refractivity contribution is 0.00840. The molecule has 0 unspecified atom stereocenters. The van der Waals surface area contributed by atoms with Gasteiger partial charge in [-0.15, -0.1) is 0 Å². The van der Waals surface area contributed by atoms with Gasteiger partial charge < -0.3 is 9.47 Å². The summed E-state index contributed by atoms with van der Waals surface area (Å²) in [6, 6.07) is 18.5. The van der Waals surface area contributed by atoms with Gasteiger partial charge in [-0.1, -0.05) is 42.5 Å². The lowest BCUT2D eigenvalue weighted by Crippen LogP contribution is -2.24. The maximum absolute atomic E-state index is 5.75. The molecule has 2 nitrogen and oxygen atoms in total. The molecule has 0 bridgehead atoms. The van der Waals surface area contributed by atoms with Crippen molar-refractivity contribution in [1.29, 1.82) is 0 Å². The minimum absolute atomic E-state index is 0.577. The molecular formula is C16H16O2. The maximum atomic E-state index is 5.75. The highest BCUT2D eigenvalue weighted by molar-refractivity contribution is 5.30. The van der Waals surface area contributed by atoms with E-state index in [-0.39, 0.29) is 0 Å². The molecule has 0 atom stereocenters. The van der Waals surface area contributed by atoms with Gasteiger partial charge in [0.15, 0.2) is 0 Å². The maximum Gasteiger partial charge on any atom is 0.119 e. The van der Waals surface area contributed by atoms with Gasteiger partial charge in [0.2, 0.25) is 0 Å². The second kappa shape index (κ2) is 5.23. The van der Waals surface area contributed by atoms with Gasteiger partial charge in [0.05, 0.1) is 13.2 Å². The van der Waals surface area contributed by atoms with E-state index in [1.807, 2.05) is 30.3 Å². The van der Waals surface area contributed by atoms with Crippen LogP contribution in [0.2, 0.25) is 0 Å². The zero-order chi connectivity index (χ0) is 12.2. The molecule has 0 aliphatic carbocycles. The van der Waals surface area contributed by atoms with Crippen LogP contribution in [0.5, 0.6) is 5.75 Å². The van der Waals surface area contributed by atoms with E-state index in [4.69, 9.17) is 9.47 Å². The summed E-state index contributed by atoms with van der Waals surface area (Å²) in [5, 5.41) is 0. The van der Waals surface area contributed by atoms with Crippen molar-refractivity contribution in [2.24, 2.45) is 0 Å². The van der Waals surface area contributed by atoms with Gasteiger partial charge in [-0.3, -0.25) is 0 Å². The molecule has 1 fully saturated rings. The molecule has 0 aromatic heterocycles. The van der Waals surface area contributed by atoms with Gasteiger partial charge >= 0.3 is 0 Å². The Hall–Kier alpha value is -1.80. The van der Waals surface area contributed by atoms with E-state index in [9.17, 15) is 0 Å². The Morgan fingerprint density at radius 1 is 0.944 bits per heavy atom. The van der Waals surface area contributed by atoms with E-state index in [0.717, 1.165) is 19.0 Å². The average molecular weight is 240 g/mol. The summed E-state index contributed by atoms with van der Waals surface area (Å²) in [7, 11) is 0. The van der Waals surface area contributed by atoms with Crippen LogP contribution in [-0.4, -0.2) is 13.2 Å². The largest absolute Gasteiger partial charge is 0.489 e. The van der Waals surface area contributed by atoms with Gasteiger partial charge in [-0.2, -0.15) is 0 Å². The third-order valence-electron chi connectivity index (χ3n) is 3.24. The Labute approximate surface area is 107 Å². The van der Waals surface area contributed by atoms with Crippen LogP contribution < -0.4 is 4.74 Å². The SMILES string of the molecule is c1ccc(COc2ccc(C3COC3)cc2)cc1. The molecule has 0 N–H and O–H groups in total. The van der Waals surface area contributed by atoms with Gasteiger partial charge in [0, 0.05) is 5.92 Å². The monoisotopic (exact) mass is 240 g/mol. The van der Waals surface area contributed by atoms with E-state index in [2.05, 4.69) is 24.3 Å². The molecule has 0 amide bonds. The number of hydrogen-bond donors (Lipinski definition) is 0. The van der Waals surface area contributed by atoms with Crippen molar-refractivity contribution in [3.63, 3.8) is 0 Å². The van der Waals surface area contributed by atoms with Crippen LogP contribution in [0.1, 0.15) is 17.0 Å². The fraction of sp³-hybridized carbons (Fsp3) is 0.250. The Bertz CT molecular complexity index is 486. The third-order valence-corrected chi connectivity index (χ3v) is 3.24. The molecule has 0 radical (unpaired) electrons. The summed E-state index contributed by atoms with van der Waals surface area (Å²) in [4.78, 5) is 0. The van der Waals surface area contributed by atoms with Crippen molar-refractivity contribution in [3.05, 3.63) is 65.7 Å². The van der Waals surface area contributed by atoms with Gasteiger partial charge in [0.25, 0.3) is 0 Å². The van der Waals surface area contributed by atoms with Gasteiger partial charge in [-0.25, -0.2) is 0 Å². The van der Waals surface area contributed by atoms with Crippen LogP contribution in [0.4, 0.5) is 0 Å². The minimum Gasteiger partial charge on any atom is -0.489 e. The first-order valence-electron chi connectivity index (χ1n) is 6.26. The van der Waals surface area contributed by atoms with Crippen LogP contribution in [0.25, 0.3) is 0 Å². The van der Waals surface area contributed by atoms with Crippen LogP contribution in [0.15, 0.2) is 54.6 Å². The molecule has 0 spiro atoms. The third kappa shape index (κ3) is 2.54. The molecule has 18 heavy (non-hydrogen) atoms. The normalized spacial score (nSPS) is 15.1. The summed E-state index contributed by atoms with van der Waals surface area (Å²) in [6.07, 6.45) is 0. The number of ether oxygens (including phenoxy) is 2. The molecule has 1 saturated heterocycles. The quantitative estimate of drug-likeness (QED) is 0.815. The molecule has 92 valence electrons. The molecule has 1 heterocycles. The lowest BCUT2D eigenvalue weighted by Gasteiger charge is -2.26. The fourth-order valence-electron chi connectivity index (χ4n) is 2.01. The lowest BCUT2D eigenvalue weighted by atomic mass is 9.98. The number of rotatable bonds is 4. The highest BCUT2D eigenvalue weighted by Gasteiger charge is 2.19. The Morgan fingerprint density at radius 2 is 1.67 bits per heavy atom. The zero-order valence-electron chi connectivity index (χ0n) is 10.2. The Morgan fingerprint density at radius 3 is 2.28 bits per heavy atom. The van der Waals surface area contributed by atoms with Crippen molar-refractivity contribution < 1.29 is 9.47 Å². The predicted octanol–water partition coefficient (Wildman–Crippen LogP) is 3.38. The summed E-state index contributed by atoms with van der Waals surface area (Å²) in [5.74, 6) is 1.50. The summed E-state index contributed by atoms with van der Waals surface area (Å²) >= 11 is 0. The zero-order valence-corrected chi connectivity index (χ0v) is 10.2. The van der Waals surface area contributed by atoms with Crippen molar-refractivity contribution in [3.8, 4) is 5.75 Å². The Balaban J connectivity index is 1.59. The fourth-order valence-corrected chi connectivity index (χ4v) is 2.01. The molecule has 0 saturated carbocycles. The molecule has 1 aliphatic rings. The van der Waals surface area contributed by atoms with Crippen LogP contribution in [-0.2, 0) is 11.3 Å². The summed E-state index contributed by atoms with van der Waals surface area (Å²) < 4.78 is 10.9. The van der Waals surface area contributed by atoms with Crippen LogP contribution in [0.3, 0.4) is 0 Å². The van der Waals surface area contributed by atoms with Crippen molar-refractivity contribution >= 4 is 0 Å². The average Bonchev–Trinajstić information content (AvgIpc) is 2.37. The highest BCUT2D eigenvalue weighted by Crippen LogP contribution is 2.25. The van der Waals surface area contributed by atoms with Crippen molar-refractivity contribution in [2.45, 2.75) is 12.5 Å². The second-order valence-corrected chi connectivity index (χ2v) is 4.58. The van der Waals surface area contributed by atoms with Gasteiger partial charge in [0.1, 0.15) is 12.4 Å². The summed E-state index contributed by atoms with van der Waals surface area (Å²) in [6.45, 7) is 2.32. The van der Waals surface area contributed by atoms with E-state index in [1.54, 1.807) is 0 Å². The molecule has 2 aromatic carbocycles. The first-order chi connectivity index (χ1) is 8.92. The van der Waals surface area contributed by atoms with E-state index >= 15 is 0 Å². The Kier molecular flexibility index (Phi) is 3.29. The minimum atomic E-state index is 0.577. The first-order valence-corrected chi connectivity index (χ1v) is 6.26. The van der Waals surface area contributed by atoms with E-state index in [0.29, 0.717) is 12.5 Å². The summed E-state index contributed by atoms with van der Waals surface area (Å²) in [5.41, 5.74) is 2.53. The van der Waals surface area contributed by atoms with Crippen LogP contribution in [0, 0.1) is 0 Å². The molecule has 2 heteroatoms. The van der Waals surface area contributed by atoms with E-state index in [1.165, 1.54) is 11.1 Å². The van der Waals surface area contributed by atoms with Gasteiger partial charge in [-0.05, 0) is 23.3 Å². The van der Waals surface area contributed by atoms with Crippen molar-refractivity contribution in [2.75, 3.05) is 13.2 Å². The number of benzene rings is 2. The highest BCUT2D eigenvalue weighted by atomic mass is 16.5. The number of hydrogen-bond acceptors (Lipinski definition) is 2. The van der Waals surface area contributed by atoms with E-state index < -0.39 is 0 Å². The van der Waals surface area contributed by atoms with Crippen LogP contribution >= 0.6 is 0 Å². The molecular weight excluding hydrogens is 224 g/mol.